The van der Waals surface area contributed by atoms with E-state index in [2.05, 4.69) is 4.99 Å². The zero-order valence-corrected chi connectivity index (χ0v) is 6.65. The van der Waals surface area contributed by atoms with E-state index < -0.39 is 5.97 Å². The van der Waals surface area contributed by atoms with Crippen LogP contribution in [0.15, 0.2) is 27.8 Å². The molecule has 0 aromatic carbocycles. The molecule has 0 aliphatic carbocycles. The van der Waals surface area contributed by atoms with Crippen LogP contribution < -0.4 is 0 Å². The molecule has 12 heavy (non-hydrogen) atoms. The third-order valence-corrected chi connectivity index (χ3v) is 1.33. The molecule has 0 aliphatic heterocycles. The van der Waals surface area contributed by atoms with Gasteiger partial charge in [0, 0.05) is 0 Å². The highest BCUT2D eigenvalue weighted by Gasteiger charge is 2.00. The first kappa shape index (κ1) is 8.52. The second kappa shape index (κ2) is 3.71. The largest absolute Gasteiger partial charge is 0.480 e. The first-order valence-electron chi connectivity index (χ1n) is 3.47. The Morgan fingerprint density at radius 2 is 2.50 bits per heavy atom. The zero-order valence-electron chi connectivity index (χ0n) is 6.65. The lowest BCUT2D eigenvalue weighted by molar-refractivity contribution is -0.135. The Kier molecular flexibility index (Phi) is 2.63. The van der Waals surface area contributed by atoms with Crippen molar-refractivity contribution in [3.63, 3.8) is 0 Å². The van der Waals surface area contributed by atoms with Crippen LogP contribution in [0.25, 0.3) is 0 Å². The van der Waals surface area contributed by atoms with Crippen LogP contribution in [0, 0.1) is 0 Å². The lowest BCUT2D eigenvalue weighted by Gasteiger charge is -1.92. The van der Waals surface area contributed by atoms with Gasteiger partial charge in [-0.2, -0.15) is 0 Å². The summed E-state index contributed by atoms with van der Waals surface area (Å²) in [5.41, 5.74) is 0.599. The molecule has 0 fully saturated rings. The van der Waals surface area contributed by atoms with E-state index in [9.17, 15) is 4.79 Å². The molecular formula is C8H9NO3. The van der Waals surface area contributed by atoms with Crippen LogP contribution in [0.5, 0.6) is 0 Å². The number of rotatable bonds is 3. The first-order chi connectivity index (χ1) is 5.70. The molecule has 1 N–H and O–H groups in total. The average Bonchev–Trinajstić information content (AvgIpc) is 2.51. The van der Waals surface area contributed by atoms with Gasteiger partial charge < -0.3 is 9.52 Å². The van der Waals surface area contributed by atoms with Crippen molar-refractivity contribution in [1.29, 1.82) is 0 Å². The molecule has 64 valence electrons. The maximum Gasteiger partial charge on any atom is 0.325 e. The number of hydrogen-bond donors (Lipinski definition) is 1. The number of carboxylic acids is 1. The molecule has 0 bridgehead atoms. The van der Waals surface area contributed by atoms with Gasteiger partial charge in [0.1, 0.15) is 12.3 Å². The van der Waals surface area contributed by atoms with E-state index >= 15 is 0 Å². The smallest absolute Gasteiger partial charge is 0.325 e. The summed E-state index contributed by atoms with van der Waals surface area (Å²) < 4.78 is 5.00. The highest BCUT2D eigenvalue weighted by molar-refractivity contribution is 5.97. The van der Waals surface area contributed by atoms with Crippen molar-refractivity contribution in [2.45, 2.75) is 6.92 Å². The number of nitrogens with zero attached hydrogens (tertiary/aromatic N) is 1. The Balaban J connectivity index is 2.65. The molecule has 0 amide bonds. The van der Waals surface area contributed by atoms with Gasteiger partial charge in [0.25, 0.3) is 0 Å². The maximum absolute atomic E-state index is 10.1. The molecule has 1 aromatic heterocycles. The molecule has 0 saturated carbocycles. The minimum Gasteiger partial charge on any atom is -0.480 e. The summed E-state index contributed by atoms with van der Waals surface area (Å²) in [4.78, 5) is 13.9. The monoisotopic (exact) mass is 167 g/mol. The van der Waals surface area contributed by atoms with Crippen molar-refractivity contribution in [3.8, 4) is 0 Å². The Bertz CT molecular complexity index is 287. The number of furan rings is 1. The Labute approximate surface area is 69.5 Å². The quantitative estimate of drug-likeness (QED) is 0.687. The Hall–Kier alpha value is -1.58. The zero-order chi connectivity index (χ0) is 8.97. The summed E-state index contributed by atoms with van der Waals surface area (Å²) >= 11 is 0. The second-order valence-electron chi connectivity index (χ2n) is 2.27. The average molecular weight is 167 g/mol. The van der Waals surface area contributed by atoms with Gasteiger partial charge >= 0.3 is 5.97 Å². The molecular weight excluding hydrogens is 158 g/mol. The number of carbonyl (C=O) groups is 1. The summed E-state index contributed by atoms with van der Waals surface area (Å²) in [7, 11) is 0. The highest BCUT2D eigenvalue weighted by Crippen LogP contribution is 2.01. The lowest BCUT2D eigenvalue weighted by atomic mass is 10.3. The van der Waals surface area contributed by atoms with Gasteiger partial charge in [0.05, 0.1) is 12.0 Å². The van der Waals surface area contributed by atoms with Crippen molar-refractivity contribution >= 4 is 11.7 Å². The lowest BCUT2D eigenvalue weighted by Crippen LogP contribution is -2.03. The first-order valence-corrected chi connectivity index (χ1v) is 3.47. The summed E-state index contributed by atoms with van der Waals surface area (Å²) in [6, 6.07) is 3.47. The summed E-state index contributed by atoms with van der Waals surface area (Å²) in [6.07, 6.45) is 1.52. The van der Waals surface area contributed by atoms with Crippen LogP contribution in [0.3, 0.4) is 0 Å². The molecule has 0 saturated heterocycles. The number of hydrogen-bond acceptors (Lipinski definition) is 3. The van der Waals surface area contributed by atoms with Crippen LogP contribution in [0.4, 0.5) is 0 Å². The molecule has 0 aliphatic rings. The third kappa shape index (κ3) is 2.23. The van der Waals surface area contributed by atoms with E-state index in [4.69, 9.17) is 9.52 Å². The van der Waals surface area contributed by atoms with E-state index in [-0.39, 0.29) is 6.54 Å². The number of aliphatic imine (C=N–C) groups is 1. The minimum absolute atomic E-state index is 0.216. The van der Waals surface area contributed by atoms with Gasteiger partial charge in [0.2, 0.25) is 0 Å². The van der Waals surface area contributed by atoms with Crippen molar-refractivity contribution in [2.75, 3.05) is 6.54 Å². The third-order valence-electron chi connectivity index (χ3n) is 1.33. The molecule has 1 rings (SSSR count). The summed E-state index contributed by atoms with van der Waals surface area (Å²) in [6.45, 7) is 1.49. The molecule has 1 aromatic rings. The van der Waals surface area contributed by atoms with Crippen LogP contribution in [-0.4, -0.2) is 23.3 Å². The summed E-state index contributed by atoms with van der Waals surface area (Å²) in [5.74, 6) is -0.336. The van der Waals surface area contributed by atoms with E-state index in [1.807, 2.05) is 0 Å². The number of carboxylic acid groups (broad SMARTS) is 1. The van der Waals surface area contributed by atoms with E-state index in [1.165, 1.54) is 6.26 Å². The SMILES string of the molecule is CC(=NCC(=O)O)c1ccco1. The van der Waals surface area contributed by atoms with Crippen molar-refractivity contribution in [2.24, 2.45) is 4.99 Å². The van der Waals surface area contributed by atoms with E-state index in [0.717, 1.165) is 0 Å². The van der Waals surface area contributed by atoms with Gasteiger partial charge in [-0.1, -0.05) is 0 Å². The molecule has 0 radical (unpaired) electrons. The van der Waals surface area contributed by atoms with Crippen molar-refractivity contribution in [1.82, 2.24) is 0 Å². The van der Waals surface area contributed by atoms with Gasteiger partial charge in [-0.05, 0) is 19.1 Å². The molecule has 1 heterocycles. The van der Waals surface area contributed by atoms with E-state index in [1.54, 1.807) is 19.1 Å². The molecule has 0 spiro atoms. The maximum atomic E-state index is 10.1. The Morgan fingerprint density at radius 1 is 1.75 bits per heavy atom. The normalized spacial score (nSPS) is 11.6. The molecule has 0 atom stereocenters. The number of aliphatic carboxylic acids is 1. The highest BCUT2D eigenvalue weighted by atomic mass is 16.4. The fourth-order valence-corrected chi connectivity index (χ4v) is 0.749. The van der Waals surface area contributed by atoms with Gasteiger partial charge in [0.15, 0.2) is 0 Å². The van der Waals surface area contributed by atoms with Gasteiger partial charge in [-0.15, -0.1) is 0 Å². The Morgan fingerprint density at radius 3 is 3.00 bits per heavy atom. The second-order valence-corrected chi connectivity index (χ2v) is 2.27. The molecule has 0 unspecified atom stereocenters. The summed E-state index contributed by atoms with van der Waals surface area (Å²) in [5, 5.41) is 8.32. The standard InChI is InChI=1S/C8H9NO3/c1-6(9-5-8(10)11)7-3-2-4-12-7/h2-4H,5H2,1H3,(H,10,11). The van der Waals surface area contributed by atoms with Crippen LogP contribution in [0.2, 0.25) is 0 Å². The topological polar surface area (TPSA) is 62.8 Å². The van der Waals surface area contributed by atoms with Crippen molar-refractivity contribution < 1.29 is 14.3 Å². The molecule has 4 nitrogen and oxygen atoms in total. The minimum atomic E-state index is -0.944. The van der Waals surface area contributed by atoms with Gasteiger partial charge in [-0.25, -0.2) is 0 Å². The molecule has 4 heteroatoms. The van der Waals surface area contributed by atoms with Gasteiger partial charge in [-0.3, -0.25) is 9.79 Å². The predicted octanol–water partition coefficient (Wildman–Crippen LogP) is 1.17. The van der Waals surface area contributed by atoms with Crippen LogP contribution in [-0.2, 0) is 4.79 Å². The fraction of sp³-hybridized carbons (Fsp3) is 0.250. The van der Waals surface area contributed by atoms with Crippen molar-refractivity contribution in [3.05, 3.63) is 24.2 Å². The van der Waals surface area contributed by atoms with Crippen LogP contribution >= 0.6 is 0 Å². The predicted molar refractivity (Wildman–Crippen MR) is 43.4 cm³/mol. The fourth-order valence-electron chi connectivity index (χ4n) is 0.749. The van der Waals surface area contributed by atoms with E-state index in [0.29, 0.717) is 11.5 Å². The van der Waals surface area contributed by atoms with Crippen LogP contribution in [0.1, 0.15) is 12.7 Å².